The summed E-state index contributed by atoms with van der Waals surface area (Å²) in [6.45, 7) is 6.49. The molecule has 1 saturated heterocycles. The predicted octanol–water partition coefficient (Wildman–Crippen LogP) is 2.26. The minimum Gasteiger partial charge on any atom is -0.380 e. The van der Waals surface area contributed by atoms with E-state index in [1.165, 1.54) is 24.1 Å². The fourth-order valence-corrected chi connectivity index (χ4v) is 2.86. The molecule has 3 heteroatoms. The molecule has 1 aliphatic rings. The molecule has 0 bridgehead atoms. The molecule has 0 aromatic heterocycles. The molecule has 1 fully saturated rings. The quantitative estimate of drug-likeness (QED) is 0.881. The Hall–Kier alpha value is -0.900. The van der Waals surface area contributed by atoms with Gasteiger partial charge in [0.1, 0.15) is 0 Å². The van der Waals surface area contributed by atoms with E-state index in [2.05, 4.69) is 41.4 Å². The van der Waals surface area contributed by atoms with Gasteiger partial charge in [-0.05, 0) is 37.1 Å². The number of piperidine rings is 1. The Kier molecular flexibility index (Phi) is 5.37. The number of methoxy groups -OCH3 is 1. The van der Waals surface area contributed by atoms with Gasteiger partial charge in [-0.3, -0.25) is 4.90 Å². The van der Waals surface area contributed by atoms with Gasteiger partial charge in [0.05, 0.1) is 6.10 Å². The van der Waals surface area contributed by atoms with Crippen molar-refractivity contribution in [3.63, 3.8) is 0 Å². The smallest absolute Gasteiger partial charge is 0.0724 e. The first kappa shape index (κ1) is 14.5. The molecular formula is C16H26N2O. The zero-order valence-electron chi connectivity index (χ0n) is 12.4. The van der Waals surface area contributed by atoms with E-state index in [0.29, 0.717) is 12.0 Å². The highest BCUT2D eigenvalue weighted by atomic mass is 16.5. The maximum Gasteiger partial charge on any atom is 0.0724 e. The summed E-state index contributed by atoms with van der Waals surface area (Å²) in [6, 6.07) is 8.71. The topological polar surface area (TPSA) is 24.5 Å². The van der Waals surface area contributed by atoms with Gasteiger partial charge in [-0.25, -0.2) is 0 Å². The minimum atomic E-state index is 0.380. The molecule has 0 saturated carbocycles. The lowest BCUT2D eigenvalue weighted by Crippen LogP contribution is -2.43. The van der Waals surface area contributed by atoms with Crippen molar-refractivity contribution in [3.05, 3.63) is 35.4 Å². The normalized spacial score (nSPS) is 24.6. The van der Waals surface area contributed by atoms with E-state index in [9.17, 15) is 0 Å². The van der Waals surface area contributed by atoms with Crippen molar-refractivity contribution in [2.45, 2.75) is 32.5 Å². The number of benzene rings is 1. The molecule has 2 rings (SSSR count). The van der Waals surface area contributed by atoms with Gasteiger partial charge < -0.3 is 10.1 Å². The van der Waals surface area contributed by atoms with Crippen molar-refractivity contribution in [1.82, 2.24) is 10.2 Å². The van der Waals surface area contributed by atoms with E-state index >= 15 is 0 Å². The van der Waals surface area contributed by atoms with Crippen molar-refractivity contribution in [2.24, 2.45) is 5.92 Å². The molecule has 0 spiro atoms. The average molecular weight is 262 g/mol. The molecule has 1 aromatic carbocycles. The molecule has 2 atom stereocenters. The van der Waals surface area contributed by atoms with Gasteiger partial charge >= 0.3 is 0 Å². The highest BCUT2D eigenvalue weighted by molar-refractivity contribution is 5.27. The third kappa shape index (κ3) is 3.78. The molecule has 3 nitrogen and oxygen atoms in total. The molecular weight excluding hydrogens is 236 g/mol. The van der Waals surface area contributed by atoms with Gasteiger partial charge in [0.25, 0.3) is 0 Å². The fraction of sp³-hybridized carbons (Fsp3) is 0.625. The summed E-state index contributed by atoms with van der Waals surface area (Å²) in [5, 5.41) is 3.25. The Bertz CT molecular complexity index is 394. The van der Waals surface area contributed by atoms with Crippen LogP contribution in [0.15, 0.2) is 24.3 Å². The Morgan fingerprint density at radius 3 is 2.74 bits per heavy atom. The number of ether oxygens (including phenoxy) is 1. The summed E-state index contributed by atoms with van der Waals surface area (Å²) in [5.41, 5.74) is 2.83. The van der Waals surface area contributed by atoms with Crippen molar-refractivity contribution in [3.8, 4) is 0 Å². The number of rotatable bonds is 5. The molecule has 1 N–H and O–H groups in total. The van der Waals surface area contributed by atoms with Gasteiger partial charge in [-0.1, -0.05) is 31.2 Å². The first-order chi connectivity index (χ1) is 9.24. The van der Waals surface area contributed by atoms with Crippen LogP contribution in [-0.4, -0.2) is 38.3 Å². The van der Waals surface area contributed by atoms with Crippen LogP contribution in [0, 0.1) is 5.92 Å². The molecule has 106 valence electrons. The first-order valence-corrected chi connectivity index (χ1v) is 7.21. The van der Waals surface area contributed by atoms with Crippen molar-refractivity contribution >= 4 is 0 Å². The van der Waals surface area contributed by atoms with Crippen LogP contribution in [0.3, 0.4) is 0 Å². The number of likely N-dealkylation sites (tertiary alicyclic amines) is 1. The zero-order chi connectivity index (χ0) is 13.7. The second kappa shape index (κ2) is 7.04. The summed E-state index contributed by atoms with van der Waals surface area (Å²) in [5.74, 6) is 0.675. The third-order valence-corrected chi connectivity index (χ3v) is 4.16. The summed E-state index contributed by atoms with van der Waals surface area (Å²) in [7, 11) is 3.83. The lowest BCUT2D eigenvalue weighted by molar-refractivity contribution is -0.00752. The molecule has 0 aliphatic carbocycles. The number of nitrogens with zero attached hydrogens (tertiary/aromatic N) is 1. The number of hydrogen-bond donors (Lipinski definition) is 1. The van der Waals surface area contributed by atoms with Crippen LogP contribution in [-0.2, 0) is 17.8 Å². The van der Waals surface area contributed by atoms with E-state index in [0.717, 1.165) is 19.6 Å². The summed E-state index contributed by atoms with van der Waals surface area (Å²) >= 11 is 0. The highest BCUT2D eigenvalue weighted by Crippen LogP contribution is 2.22. The maximum atomic E-state index is 5.60. The Morgan fingerprint density at radius 1 is 1.32 bits per heavy atom. The van der Waals surface area contributed by atoms with Gasteiger partial charge in [-0.2, -0.15) is 0 Å². The minimum absolute atomic E-state index is 0.380. The van der Waals surface area contributed by atoms with Crippen LogP contribution in [0.2, 0.25) is 0 Å². The van der Waals surface area contributed by atoms with E-state index in [1.807, 2.05) is 14.2 Å². The molecule has 1 aromatic rings. The Balaban J connectivity index is 2.01. The van der Waals surface area contributed by atoms with Crippen molar-refractivity contribution in [2.75, 3.05) is 27.2 Å². The number of hydrogen-bond acceptors (Lipinski definition) is 3. The van der Waals surface area contributed by atoms with E-state index in [4.69, 9.17) is 4.74 Å². The summed E-state index contributed by atoms with van der Waals surface area (Å²) < 4.78 is 5.60. The van der Waals surface area contributed by atoms with Crippen LogP contribution in [0.1, 0.15) is 24.5 Å². The second-order valence-corrected chi connectivity index (χ2v) is 5.57. The van der Waals surface area contributed by atoms with Gasteiger partial charge in [0.15, 0.2) is 0 Å². The highest BCUT2D eigenvalue weighted by Gasteiger charge is 2.26. The van der Waals surface area contributed by atoms with Crippen LogP contribution in [0.5, 0.6) is 0 Å². The lowest BCUT2D eigenvalue weighted by atomic mass is 9.95. The van der Waals surface area contributed by atoms with Crippen LogP contribution in [0.25, 0.3) is 0 Å². The summed E-state index contributed by atoms with van der Waals surface area (Å²) in [6.07, 6.45) is 1.61. The largest absolute Gasteiger partial charge is 0.380 e. The monoisotopic (exact) mass is 262 g/mol. The van der Waals surface area contributed by atoms with Crippen molar-refractivity contribution < 1.29 is 4.74 Å². The van der Waals surface area contributed by atoms with E-state index in [-0.39, 0.29) is 0 Å². The zero-order valence-corrected chi connectivity index (χ0v) is 12.4. The third-order valence-electron chi connectivity index (χ3n) is 4.16. The Labute approximate surface area is 116 Å². The van der Waals surface area contributed by atoms with E-state index in [1.54, 1.807) is 0 Å². The molecule has 19 heavy (non-hydrogen) atoms. The molecule has 2 unspecified atom stereocenters. The SMILES string of the molecule is CNCc1ccccc1CN1CCC(C)C(OC)C1. The first-order valence-electron chi connectivity index (χ1n) is 7.21. The van der Waals surface area contributed by atoms with Gasteiger partial charge in [0.2, 0.25) is 0 Å². The second-order valence-electron chi connectivity index (χ2n) is 5.57. The van der Waals surface area contributed by atoms with Crippen LogP contribution in [0.4, 0.5) is 0 Å². The lowest BCUT2D eigenvalue weighted by Gasteiger charge is -2.36. The molecule has 0 radical (unpaired) electrons. The average Bonchev–Trinajstić information content (AvgIpc) is 2.43. The van der Waals surface area contributed by atoms with Gasteiger partial charge in [0, 0.05) is 26.7 Å². The molecule has 0 amide bonds. The fourth-order valence-electron chi connectivity index (χ4n) is 2.86. The molecule has 1 heterocycles. The van der Waals surface area contributed by atoms with Crippen LogP contribution < -0.4 is 5.32 Å². The van der Waals surface area contributed by atoms with E-state index < -0.39 is 0 Å². The van der Waals surface area contributed by atoms with Crippen molar-refractivity contribution in [1.29, 1.82) is 0 Å². The Morgan fingerprint density at radius 2 is 2.05 bits per heavy atom. The predicted molar refractivity (Wildman–Crippen MR) is 79.1 cm³/mol. The maximum absolute atomic E-state index is 5.60. The molecule has 1 aliphatic heterocycles. The number of nitrogens with one attached hydrogen (secondary N) is 1. The van der Waals surface area contributed by atoms with Gasteiger partial charge in [-0.15, -0.1) is 0 Å². The standard InChI is InChI=1S/C16H26N2O/c1-13-8-9-18(12-16(13)19-3)11-15-7-5-4-6-14(15)10-17-2/h4-7,13,16-17H,8-12H2,1-3H3. The summed E-state index contributed by atoms with van der Waals surface area (Å²) in [4.78, 5) is 2.52. The van der Waals surface area contributed by atoms with Crippen LogP contribution >= 0.6 is 0 Å².